The first-order valence-corrected chi connectivity index (χ1v) is 7.49. The maximum absolute atomic E-state index is 12.2. The molecular formula is C15H17N3O3S. The highest BCUT2D eigenvalue weighted by Gasteiger charge is 2.17. The monoisotopic (exact) mass is 319 g/mol. The van der Waals surface area contributed by atoms with Gasteiger partial charge in [-0.25, -0.2) is 4.98 Å². The molecule has 0 bridgehead atoms. The van der Waals surface area contributed by atoms with Crippen LogP contribution in [-0.4, -0.2) is 49.4 Å². The van der Waals surface area contributed by atoms with E-state index < -0.39 is 0 Å². The smallest absolute Gasteiger partial charge is 0.273 e. The quantitative estimate of drug-likeness (QED) is 0.909. The Hall–Kier alpha value is -2.41. The van der Waals surface area contributed by atoms with Crippen molar-refractivity contribution in [2.24, 2.45) is 0 Å². The summed E-state index contributed by atoms with van der Waals surface area (Å²) in [7, 11) is 4.71. The van der Waals surface area contributed by atoms with Gasteiger partial charge in [0.25, 0.3) is 5.91 Å². The van der Waals surface area contributed by atoms with Gasteiger partial charge in [-0.15, -0.1) is 11.3 Å². The lowest BCUT2D eigenvalue weighted by Gasteiger charge is -2.14. The van der Waals surface area contributed by atoms with Crippen LogP contribution in [0.25, 0.3) is 10.6 Å². The van der Waals surface area contributed by atoms with Crippen LogP contribution in [-0.2, 0) is 4.79 Å². The Morgan fingerprint density at radius 1 is 1.32 bits per heavy atom. The maximum atomic E-state index is 12.2. The second-order valence-corrected chi connectivity index (χ2v) is 5.46. The number of benzene rings is 1. The number of rotatable bonds is 5. The zero-order valence-corrected chi connectivity index (χ0v) is 13.4. The minimum Gasteiger partial charge on any atom is -0.497 e. The molecule has 1 heterocycles. The fraction of sp³-hybridized carbons (Fsp3) is 0.267. The Kier molecular flexibility index (Phi) is 5.11. The lowest BCUT2D eigenvalue weighted by molar-refractivity contribution is -0.121. The van der Waals surface area contributed by atoms with Crippen LogP contribution in [0.1, 0.15) is 10.5 Å². The minimum atomic E-state index is -0.278. The van der Waals surface area contributed by atoms with E-state index in [1.807, 2.05) is 24.3 Å². The summed E-state index contributed by atoms with van der Waals surface area (Å²) in [6.07, 6.45) is 0. The van der Waals surface area contributed by atoms with Gasteiger partial charge in [-0.3, -0.25) is 9.59 Å². The molecule has 0 saturated carbocycles. The van der Waals surface area contributed by atoms with Gasteiger partial charge in [0, 0.05) is 25.0 Å². The fourth-order valence-corrected chi connectivity index (χ4v) is 2.60. The summed E-state index contributed by atoms with van der Waals surface area (Å²) in [5.74, 6) is 0.267. The lowest BCUT2D eigenvalue weighted by atomic mass is 10.2. The number of carbonyl (C=O) groups is 2. The van der Waals surface area contributed by atoms with E-state index in [1.54, 1.807) is 19.5 Å². The largest absolute Gasteiger partial charge is 0.497 e. The Balaban J connectivity index is 2.13. The molecule has 0 aliphatic heterocycles. The molecule has 0 aliphatic rings. The van der Waals surface area contributed by atoms with Gasteiger partial charge in [0.1, 0.15) is 16.5 Å². The average molecular weight is 319 g/mol. The summed E-state index contributed by atoms with van der Waals surface area (Å²) in [6, 6.07) is 7.46. The van der Waals surface area contributed by atoms with Crippen molar-refractivity contribution in [2.45, 2.75) is 0 Å². The zero-order chi connectivity index (χ0) is 16.1. The first-order chi connectivity index (χ1) is 10.5. The van der Waals surface area contributed by atoms with E-state index in [4.69, 9.17) is 4.74 Å². The normalized spacial score (nSPS) is 10.1. The van der Waals surface area contributed by atoms with Crippen molar-refractivity contribution in [2.75, 3.05) is 27.7 Å². The summed E-state index contributed by atoms with van der Waals surface area (Å²) < 4.78 is 5.11. The minimum absolute atomic E-state index is 0.00469. The van der Waals surface area contributed by atoms with Crippen LogP contribution in [0.4, 0.5) is 0 Å². The van der Waals surface area contributed by atoms with Gasteiger partial charge in [0.05, 0.1) is 13.7 Å². The van der Waals surface area contributed by atoms with Crippen molar-refractivity contribution >= 4 is 23.2 Å². The standard InChI is InChI=1S/C15H17N3O3S/c1-16-13(19)8-18(2)15(20)12-9-22-14(17-12)10-4-6-11(21-3)7-5-10/h4-7,9H,8H2,1-3H3,(H,16,19). The van der Waals surface area contributed by atoms with Gasteiger partial charge in [0.15, 0.2) is 0 Å². The summed E-state index contributed by atoms with van der Waals surface area (Å²) in [5.41, 5.74) is 1.25. The molecule has 2 aromatic rings. The van der Waals surface area contributed by atoms with Crippen LogP contribution in [0.5, 0.6) is 5.75 Å². The fourth-order valence-electron chi connectivity index (χ4n) is 1.80. The first-order valence-electron chi connectivity index (χ1n) is 6.61. The van der Waals surface area contributed by atoms with Crippen LogP contribution in [0.2, 0.25) is 0 Å². The van der Waals surface area contributed by atoms with Crippen molar-refractivity contribution < 1.29 is 14.3 Å². The molecule has 116 valence electrons. The molecule has 0 saturated heterocycles. The van der Waals surface area contributed by atoms with E-state index in [-0.39, 0.29) is 18.4 Å². The number of likely N-dealkylation sites (N-methyl/N-ethyl adjacent to an activating group) is 2. The number of hydrogen-bond acceptors (Lipinski definition) is 5. The third-order valence-electron chi connectivity index (χ3n) is 3.07. The van der Waals surface area contributed by atoms with Crippen LogP contribution in [0, 0.1) is 0 Å². The molecule has 1 aromatic carbocycles. The van der Waals surface area contributed by atoms with Gasteiger partial charge < -0.3 is 15.0 Å². The molecule has 22 heavy (non-hydrogen) atoms. The summed E-state index contributed by atoms with van der Waals surface area (Å²) in [5, 5.41) is 4.93. The van der Waals surface area contributed by atoms with Crippen LogP contribution >= 0.6 is 11.3 Å². The van der Waals surface area contributed by atoms with Gasteiger partial charge >= 0.3 is 0 Å². The molecular weight excluding hydrogens is 302 g/mol. The van der Waals surface area contributed by atoms with E-state index >= 15 is 0 Å². The highest BCUT2D eigenvalue weighted by molar-refractivity contribution is 7.13. The molecule has 0 aliphatic carbocycles. The predicted molar refractivity (Wildman–Crippen MR) is 85.1 cm³/mol. The Morgan fingerprint density at radius 3 is 2.59 bits per heavy atom. The zero-order valence-electron chi connectivity index (χ0n) is 12.6. The van der Waals surface area contributed by atoms with E-state index in [1.165, 1.54) is 23.3 Å². The number of carbonyl (C=O) groups excluding carboxylic acids is 2. The van der Waals surface area contributed by atoms with Crippen LogP contribution < -0.4 is 10.1 Å². The van der Waals surface area contributed by atoms with Gasteiger partial charge in [-0.2, -0.15) is 0 Å². The first kappa shape index (κ1) is 16.0. The summed E-state index contributed by atoms with van der Waals surface area (Å²) in [4.78, 5) is 29.2. The second kappa shape index (κ2) is 7.04. The van der Waals surface area contributed by atoms with E-state index in [0.717, 1.165) is 16.3 Å². The summed E-state index contributed by atoms with van der Waals surface area (Å²) >= 11 is 1.39. The molecule has 0 fully saturated rings. The number of ether oxygens (including phenoxy) is 1. The summed E-state index contributed by atoms with van der Waals surface area (Å²) in [6.45, 7) is 0.00469. The predicted octanol–water partition coefficient (Wildman–Crippen LogP) is 1.64. The number of hydrogen-bond donors (Lipinski definition) is 1. The van der Waals surface area contributed by atoms with Crippen molar-refractivity contribution in [3.63, 3.8) is 0 Å². The van der Waals surface area contributed by atoms with Crippen LogP contribution in [0.15, 0.2) is 29.6 Å². The van der Waals surface area contributed by atoms with Crippen molar-refractivity contribution in [1.29, 1.82) is 0 Å². The molecule has 1 aromatic heterocycles. The van der Waals surface area contributed by atoms with Crippen molar-refractivity contribution in [3.05, 3.63) is 35.3 Å². The Morgan fingerprint density at radius 2 is 2.00 bits per heavy atom. The highest BCUT2D eigenvalue weighted by Crippen LogP contribution is 2.26. The molecule has 0 unspecified atom stereocenters. The molecule has 0 radical (unpaired) electrons. The van der Waals surface area contributed by atoms with Gasteiger partial charge in [-0.1, -0.05) is 0 Å². The Labute approximate surface area is 132 Å². The highest BCUT2D eigenvalue weighted by atomic mass is 32.1. The van der Waals surface area contributed by atoms with E-state index in [0.29, 0.717) is 5.69 Å². The molecule has 0 atom stereocenters. The second-order valence-electron chi connectivity index (χ2n) is 4.60. The molecule has 6 nitrogen and oxygen atoms in total. The average Bonchev–Trinajstić information content (AvgIpc) is 3.03. The third-order valence-corrected chi connectivity index (χ3v) is 3.96. The van der Waals surface area contributed by atoms with Crippen molar-refractivity contribution in [1.82, 2.24) is 15.2 Å². The Bertz CT molecular complexity index is 667. The number of amides is 2. The van der Waals surface area contributed by atoms with E-state index in [2.05, 4.69) is 10.3 Å². The lowest BCUT2D eigenvalue weighted by Crippen LogP contribution is -2.37. The third kappa shape index (κ3) is 3.62. The molecule has 2 amide bonds. The molecule has 1 N–H and O–H groups in total. The SMILES string of the molecule is CNC(=O)CN(C)C(=O)c1csc(-c2ccc(OC)cc2)n1. The molecule has 7 heteroatoms. The number of methoxy groups -OCH3 is 1. The topological polar surface area (TPSA) is 71.5 Å². The maximum Gasteiger partial charge on any atom is 0.273 e. The van der Waals surface area contributed by atoms with Crippen LogP contribution in [0.3, 0.4) is 0 Å². The number of nitrogens with one attached hydrogen (secondary N) is 1. The number of aromatic nitrogens is 1. The van der Waals surface area contributed by atoms with Gasteiger partial charge in [0.2, 0.25) is 5.91 Å². The number of nitrogens with zero attached hydrogens (tertiary/aromatic N) is 2. The number of thiazole rings is 1. The van der Waals surface area contributed by atoms with E-state index in [9.17, 15) is 9.59 Å². The molecule has 0 spiro atoms. The van der Waals surface area contributed by atoms with Gasteiger partial charge in [-0.05, 0) is 24.3 Å². The molecule has 2 rings (SSSR count). The van der Waals surface area contributed by atoms with Crippen molar-refractivity contribution in [3.8, 4) is 16.3 Å².